The topological polar surface area (TPSA) is 66.5 Å². The van der Waals surface area contributed by atoms with Crippen LogP contribution in [0.4, 0.5) is 0 Å². The van der Waals surface area contributed by atoms with E-state index in [-0.39, 0.29) is 16.7 Å². The van der Waals surface area contributed by atoms with E-state index in [9.17, 15) is 13.2 Å². The minimum absolute atomic E-state index is 0.103. The number of sulfonamides is 1. The van der Waals surface area contributed by atoms with Crippen molar-refractivity contribution < 1.29 is 13.2 Å². The lowest BCUT2D eigenvalue weighted by atomic mass is 10.5. The van der Waals surface area contributed by atoms with Gasteiger partial charge in [-0.2, -0.15) is 4.31 Å². The summed E-state index contributed by atoms with van der Waals surface area (Å²) in [5.74, 6) is -0.342. The summed E-state index contributed by atoms with van der Waals surface area (Å²) in [5, 5.41) is 2.88. The summed E-state index contributed by atoms with van der Waals surface area (Å²) < 4.78 is 25.9. The molecule has 0 spiro atoms. The van der Waals surface area contributed by atoms with Gasteiger partial charge in [0.05, 0.1) is 15.4 Å². The average Bonchev–Trinajstić information content (AvgIpc) is 2.60. The predicted molar refractivity (Wildman–Crippen MR) is 75.5 cm³/mol. The molecular formula is C9H12BrClN2O3S2. The van der Waals surface area contributed by atoms with Crippen LogP contribution in [0.2, 0.25) is 5.02 Å². The SMILES string of the molecule is CCNC(=O)CN(C)S(=O)(=O)c1cc(Cl)c(Br)s1. The summed E-state index contributed by atoms with van der Waals surface area (Å²) >= 11 is 9.97. The van der Waals surface area contributed by atoms with Gasteiger partial charge in [0.15, 0.2) is 0 Å². The number of carbonyl (C=O) groups is 1. The number of carbonyl (C=O) groups excluding carboxylic acids is 1. The van der Waals surface area contributed by atoms with Crippen LogP contribution in [-0.4, -0.2) is 38.8 Å². The number of rotatable bonds is 5. The van der Waals surface area contributed by atoms with Gasteiger partial charge in [0.2, 0.25) is 5.91 Å². The second-order valence-corrected chi connectivity index (χ2v) is 8.45. The van der Waals surface area contributed by atoms with Crippen molar-refractivity contribution in [2.24, 2.45) is 0 Å². The summed E-state index contributed by atoms with van der Waals surface area (Å²) in [7, 11) is -2.32. The first-order chi connectivity index (χ1) is 8.28. The molecule has 0 aromatic carbocycles. The number of nitrogens with one attached hydrogen (secondary N) is 1. The monoisotopic (exact) mass is 374 g/mol. The zero-order valence-corrected chi connectivity index (χ0v) is 13.7. The van der Waals surface area contributed by atoms with Crippen molar-refractivity contribution in [3.63, 3.8) is 0 Å². The highest BCUT2D eigenvalue weighted by atomic mass is 79.9. The minimum Gasteiger partial charge on any atom is -0.355 e. The smallest absolute Gasteiger partial charge is 0.252 e. The molecule has 0 aliphatic heterocycles. The van der Waals surface area contributed by atoms with E-state index < -0.39 is 10.0 Å². The van der Waals surface area contributed by atoms with Crippen LogP contribution in [0.15, 0.2) is 14.1 Å². The third kappa shape index (κ3) is 3.67. The number of likely N-dealkylation sites (N-methyl/N-ethyl adjacent to an activating group) is 2. The molecule has 0 saturated heterocycles. The number of amides is 1. The first kappa shape index (κ1) is 15.9. The van der Waals surface area contributed by atoms with E-state index in [1.165, 1.54) is 13.1 Å². The van der Waals surface area contributed by atoms with Gasteiger partial charge in [0, 0.05) is 13.6 Å². The molecule has 0 aliphatic rings. The fraction of sp³-hybridized carbons (Fsp3) is 0.444. The molecule has 0 fully saturated rings. The van der Waals surface area contributed by atoms with Gasteiger partial charge in [-0.25, -0.2) is 8.42 Å². The fourth-order valence-corrected chi connectivity index (χ4v) is 4.88. The molecule has 9 heteroatoms. The van der Waals surface area contributed by atoms with Crippen molar-refractivity contribution in [2.75, 3.05) is 20.1 Å². The summed E-state index contributed by atoms with van der Waals surface area (Å²) in [6.45, 7) is 2.01. The zero-order valence-electron chi connectivity index (χ0n) is 9.74. The lowest BCUT2D eigenvalue weighted by Gasteiger charge is -2.15. The summed E-state index contributed by atoms with van der Waals surface area (Å²) in [6, 6.07) is 1.36. The minimum atomic E-state index is -3.68. The molecule has 0 aliphatic carbocycles. The van der Waals surface area contributed by atoms with Gasteiger partial charge in [0.1, 0.15) is 4.21 Å². The molecule has 1 amide bonds. The molecule has 1 N–H and O–H groups in total. The summed E-state index contributed by atoms with van der Waals surface area (Å²) in [5.41, 5.74) is 0. The van der Waals surface area contributed by atoms with Crippen LogP contribution in [-0.2, 0) is 14.8 Å². The molecule has 5 nitrogen and oxygen atoms in total. The lowest BCUT2D eigenvalue weighted by Crippen LogP contribution is -2.37. The Morgan fingerprint density at radius 2 is 2.22 bits per heavy atom. The van der Waals surface area contributed by atoms with E-state index in [1.54, 1.807) is 6.92 Å². The molecule has 1 heterocycles. The van der Waals surface area contributed by atoms with Crippen LogP contribution >= 0.6 is 38.9 Å². The number of hydrogen-bond acceptors (Lipinski definition) is 4. The second kappa shape index (κ2) is 6.33. The van der Waals surface area contributed by atoms with Crippen LogP contribution in [0.1, 0.15) is 6.92 Å². The maximum absolute atomic E-state index is 12.1. The average molecular weight is 376 g/mol. The first-order valence-corrected chi connectivity index (χ1v) is 8.39. The molecule has 0 saturated carbocycles. The van der Waals surface area contributed by atoms with Gasteiger partial charge in [-0.05, 0) is 28.9 Å². The Bertz CT molecular complexity index is 525. The summed E-state index contributed by atoms with van der Waals surface area (Å²) in [6.07, 6.45) is 0. The largest absolute Gasteiger partial charge is 0.355 e. The molecule has 0 atom stereocenters. The van der Waals surface area contributed by atoms with Crippen molar-refractivity contribution >= 4 is 54.8 Å². The normalized spacial score (nSPS) is 11.8. The fourth-order valence-electron chi connectivity index (χ4n) is 1.15. The third-order valence-electron chi connectivity index (χ3n) is 2.03. The summed E-state index contributed by atoms with van der Waals surface area (Å²) in [4.78, 5) is 11.4. The molecule has 1 aromatic heterocycles. The lowest BCUT2D eigenvalue weighted by molar-refractivity contribution is -0.121. The highest BCUT2D eigenvalue weighted by molar-refractivity contribution is 9.11. The van der Waals surface area contributed by atoms with E-state index >= 15 is 0 Å². The molecule has 0 radical (unpaired) electrons. The highest BCUT2D eigenvalue weighted by Crippen LogP contribution is 2.35. The molecule has 18 heavy (non-hydrogen) atoms. The number of hydrogen-bond donors (Lipinski definition) is 1. The molecule has 102 valence electrons. The Balaban J connectivity index is 2.89. The van der Waals surface area contributed by atoms with E-state index in [4.69, 9.17) is 11.6 Å². The third-order valence-corrected chi connectivity index (χ3v) is 6.75. The Kier molecular flexibility index (Phi) is 5.60. The van der Waals surface area contributed by atoms with Crippen molar-refractivity contribution in [3.05, 3.63) is 14.9 Å². The van der Waals surface area contributed by atoms with Crippen molar-refractivity contribution in [1.82, 2.24) is 9.62 Å². The number of halogens is 2. The van der Waals surface area contributed by atoms with Crippen LogP contribution in [0.25, 0.3) is 0 Å². The quantitative estimate of drug-likeness (QED) is 0.855. The van der Waals surface area contributed by atoms with Gasteiger partial charge in [-0.15, -0.1) is 11.3 Å². The second-order valence-electron chi connectivity index (χ2n) is 3.40. The van der Waals surface area contributed by atoms with Crippen LogP contribution < -0.4 is 5.32 Å². The Morgan fingerprint density at radius 1 is 1.61 bits per heavy atom. The Hall–Kier alpha value is -0.150. The maximum atomic E-state index is 12.1. The molecule has 1 rings (SSSR count). The predicted octanol–water partition coefficient (Wildman–Crippen LogP) is 1.92. The number of nitrogens with zero attached hydrogens (tertiary/aromatic N) is 1. The van der Waals surface area contributed by atoms with E-state index in [2.05, 4.69) is 21.2 Å². The molecule has 1 aromatic rings. The van der Waals surface area contributed by atoms with Gasteiger partial charge >= 0.3 is 0 Å². The van der Waals surface area contributed by atoms with E-state index in [0.717, 1.165) is 15.6 Å². The van der Waals surface area contributed by atoms with E-state index in [1.807, 2.05) is 0 Å². The molecule has 0 unspecified atom stereocenters. The Morgan fingerprint density at radius 3 is 2.67 bits per heavy atom. The standard InChI is InChI=1S/C9H12BrClN2O3S2/c1-3-12-7(14)5-13(2)18(15,16)8-4-6(11)9(10)17-8/h4H,3,5H2,1-2H3,(H,12,14). The van der Waals surface area contributed by atoms with Gasteiger partial charge in [-0.3, -0.25) is 4.79 Å². The van der Waals surface area contributed by atoms with Crippen molar-refractivity contribution in [2.45, 2.75) is 11.1 Å². The van der Waals surface area contributed by atoms with Crippen molar-refractivity contribution in [3.8, 4) is 0 Å². The van der Waals surface area contributed by atoms with Crippen LogP contribution in [0.5, 0.6) is 0 Å². The highest BCUT2D eigenvalue weighted by Gasteiger charge is 2.25. The van der Waals surface area contributed by atoms with Crippen molar-refractivity contribution in [1.29, 1.82) is 0 Å². The molecular weight excluding hydrogens is 364 g/mol. The van der Waals surface area contributed by atoms with Gasteiger partial charge < -0.3 is 5.32 Å². The number of thiophene rings is 1. The van der Waals surface area contributed by atoms with E-state index in [0.29, 0.717) is 15.4 Å². The first-order valence-electron chi connectivity index (χ1n) is 4.97. The molecule has 0 bridgehead atoms. The van der Waals surface area contributed by atoms with Gasteiger partial charge in [0.25, 0.3) is 10.0 Å². The van der Waals surface area contributed by atoms with Crippen LogP contribution in [0.3, 0.4) is 0 Å². The zero-order chi connectivity index (χ0) is 13.9. The Labute approximate surface area is 123 Å². The maximum Gasteiger partial charge on any atom is 0.252 e. The van der Waals surface area contributed by atoms with Gasteiger partial charge in [-0.1, -0.05) is 11.6 Å². The van der Waals surface area contributed by atoms with Crippen LogP contribution in [0, 0.1) is 0 Å².